The molecule has 0 fully saturated rings. The summed E-state index contributed by atoms with van der Waals surface area (Å²) in [6.45, 7) is 2.75. The van der Waals surface area contributed by atoms with Gasteiger partial charge in [0.2, 0.25) is 0 Å². The largest absolute Gasteiger partial charge is 0.493 e. The second-order valence-corrected chi connectivity index (χ2v) is 8.61. The minimum Gasteiger partial charge on any atom is -0.493 e. The van der Waals surface area contributed by atoms with Gasteiger partial charge in [-0.1, -0.05) is 23.7 Å². The second kappa shape index (κ2) is 11.4. The van der Waals surface area contributed by atoms with Crippen molar-refractivity contribution in [2.45, 2.75) is 19.4 Å². The molecule has 3 aromatic carbocycles. The number of rotatable bonds is 8. The average Bonchev–Trinajstić information content (AvgIpc) is 2.91. The number of hydrogen-bond donors (Lipinski definition) is 0. The van der Waals surface area contributed by atoms with Gasteiger partial charge in [-0.3, -0.25) is 4.79 Å². The van der Waals surface area contributed by atoms with E-state index in [-0.39, 0.29) is 18.5 Å². The summed E-state index contributed by atoms with van der Waals surface area (Å²) in [6.07, 6.45) is 0.649. The molecule has 4 rings (SSSR count). The lowest BCUT2D eigenvalue weighted by Crippen LogP contribution is -2.42. The number of methoxy groups -OCH3 is 2. The van der Waals surface area contributed by atoms with Gasteiger partial charge >= 0.3 is 5.97 Å². The van der Waals surface area contributed by atoms with Crippen molar-refractivity contribution < 1.29 is 28.5 Å². The molecular weight excluding hydrogens is 482 g/mol. The number of carbonyl (C=O) groups excluding carboxylic acids is 2. The van der Waals surface area contributed by atoms with Crippen LogP contribution in [-0.4, -0.2) is 50.8 Å². The molecule has 1 aliphatic heterocycles. The molecule has 188 valence electrons. The van der Waals surface area contributed by atoms with E-state index >= 15 is 0 Å². The van der Waals surface area contributed by atoms with Crippen LogP contribution in [0.5, 0.6) is 17.2 Å². The van der Waals surface area contributed by atoms with E-state index in [0.29, 0.717) is 53.0 Å². The number of nitrogens with zero attached hydrogens (tertiary/aromatic N) is 1. The highest BCUT2D eigenvalue weighted by Crippen LogP contribution is 2.39. The monoisotopic (exact) mass is 509 g/mol. The summed E-state index contributed by atoms with van der Waals surface area (Å²) in [5, 5.41) is 0.398. The fourth-order valence-electron chi connectivity index (χ4n) is 4.32. The highest BCUT2D eigenvalue weighted by molar-refractivity contribution is 6.33. The smallest absolute Gasteiger partial charge is 0.338 e. The van der Waals surface area contributed by atoms with Gasteiger partial charge in [-0.2, -0.15) is 0 Å². The van der Waals surface area contributed by atoms with Gasteiger partial charge < -0.3 is 23.8 Å². The molecule has 1 atom stereocenters. The molecule has 0 unspecified atom stereocenters. The van der Waals surface area contributed by atoms with Crippen molar-refractivity contribution in [2.24, 2.45) is 0 Å². The number of fused-ring (bicyclic) bond motifs is 1. The average molecular weight is 510 g/mol. The number of ether oxygens (including phenoxy) is 4. The number of benzene rings is 3. The summed E-state index contributed by atoms with van der Waals surface area (Å²) in [6, 6.07) is 17.2. The van der Waals surface area contributed by atoms with Gasteiger partial charge in [0, 0.05) is 6.54 Å². The van der Waals surface area contributed by atoms with E-state index in [2.05, 4.69) is 0 Å². The topological polar surface area (TPSA) is 74.3 Å². The predicted octanol–water partition coefficient (Wildman–Crippen LogP) is 5.35. The molecule has 0 saturated heterocycles. The Bertz CT molecular complexity index is 1240. The molecule has 1 heterocycles. The normalized spacial score (nSPS) is 14.6. The fourth-order valence-corrected chi connectivity index (χ4v) is 4.53. The zero-order chi connectivity index (χ0) is 25.7. The molecule has 0 N–H and O–H groups in total. The molecule has 0 spiro atoms. The Morgan fingerprint density at radius 1 is 1.00 bits per heavy atom. The molecule has 3 aromatic rings. The van der Waals surface area contributed by atoms with Gasteiger partial charge in [0.1, 0.15) is 12.4 Å². The number of carbonyl (C=O) groups is 2. The minimum atomic E-state index is -0.401. The Labute approximate surface area is 215 Å². The maximum atomic E-state index is 13.6. The van der Waals surface area contributed by atoms with Gasteiger partial charge in [0.25, 0.3) is 5.91 Å². The molecule has 0 bridgehead atoms. The molecule has 0 aliphatic carbocycles. The van der Waals surface area contributed by atoms with Crippen LogP contribution >= 0.6 is 11.6 Å². The Hall–Kier alpha value is -3.71. The van der Waals surface area contributed by atoms with Crippen LogP contribution in [0.4, 0.5) is 0 Å². The SMILES string of the molecule is CCOC(=O)c1ccc(OC[C@@H]2c3cc(OC)c(OC)cc3CCN2C(=O)c2ccccc2Cl)cc1. The fraction of sp³-hybridized carbons (Fsp3) is 0.286. The number of amides is 1. The Morgan fingerprint density at radius 2 is 1.69 bits per heavy atom. The lowest BCUT2D eigenvalue weighted by atomic mass is 9.91. The van der Waals surface area contributed by atoms with Gasteiger partial charge in [0.05, 0.1) is 43.0 Å². The molecule has 7 nitrogen and oxygen atoms in total. The number of hydrogen-bond acceptors (Lipinski definition) is 6. The molecular formula is C28H28ClNO6. The standard InChI is InChI=1S/C28H28ClNO6/c1-4-35-28(32)18-9-11-20(12-10-18)36-17-24-22-16-26(34-3)25(33-2)15-19(22)13-14-30(24)27(31)21-7-5-6-8-23(21)29/h5-12,15-16,24H,4,13-14,17H2,1-3H3/t24-/m1/s1. The molecule has 36 heavy (non-hydrogen) atoms. The second-order valence-electron chi connectivity index (χ2n) is 8.21. The lowest BCUT2D eigenvalue weighted by molar-refractivity contribution is 0.0524. The Morgan fingerprint density at radius 3 is 2.36 bits per heavy atom. The van der Waals surface area contributed by atoms with Crippen LogP contribution in [0.2, 0.25) is 5.02 Å². The number of halogens is 1. The van der Waals surface area contributed by atoms with Crippen LogP contribution in [0, 0.1) is 0 Å². The summed E-state index contributed by atoms with van der Waals surface area (Å²) in [5.41, 5.74) is 2.86. The maximum Gasteiger partial charge on any atom is 0.338 e. The first-order chi connectivity index (χ1) is 17.5. The molecule has 0 radical (unpaired) electrons. The highest BCUT2D eigenvalue weighted by atomic mass is 35.5. The minimum absolute atomic E-state index is 0.174. The first-order valence-electron chi connectivity index (χ1n) is 11.7. The first kappa shape index (κ1) is 25.4. The zero-order valence-corrected chi connectivity index (χ0v) is 21.2. The highest BCUT2D eigenvalue weighted by Gasteiger charge is 2.34. The third-order valence-electron chi connectivity index (χ3n) is 6.14. The molecule has 0 aromatic heterocycles. The van der Waals surface area contributed by atoms with Crippen molar-refractivity contribution in [1.82, 2.24) is 4.90 Å². The van der Waals surface area contributed by atoms with E-state index in [1.165, 1.54) is 0 Å². The van der Waals surface area contributed by atoms with E-state index in [0.717, 1.165) is 11.1 Å². The summed E-state index contributed by atoms with van der Waals surface area (Å²) < 4.78 is 22.2. The molecule has 1 amide bonds. The van der Waals surface area contributed by atoms with Crippen molar-refractivity contribution in [1.29, 1.82) is 0 Å². The summed E-state index contributed by atoms with van der Waals surface area (Å²) in [4.78, 5) is 27.3. The van der Waals surface area contributed by atoms with Crippen LogP contribution in [0.15, 0.2) is 60.7 Å². The maximum absolute atomic E-state index is 13.6. The van der Waals surface area contributed by atoms with Gasteiger partial charge in [-0.15, -0.1) is 0 Å². The van der Waals surface area contributed by atoms with Crippen molar-refractivity contribution >= 4 is 23.5 Å². The Kier molecular flexibility index (Phi) is 8.00. The van der Waals surface area contributed by atoms with Crippen LogP contribution in [0.25, 0.3) is 0 Å². The quantitative estimate of drug-likeness (QED) is 0.381. The molecule has 1 aliphatic rings. The van der Waals surface area contributed by atoms with E-state index in [9.17, 15) is 9.59 Å². The Balaban J connectivity index is 1.65. The van der Waals surface area contributed by atoms with Gasteiger partial charge in [-0.05, 0) is 73.0 Å². The number of esters is 1. The first-order valence-corrected chi connectivity index (χ1v) is 12.0. The summed E-state index contributed by atoms with van der Waals surface area (Å²) in [5.74, 6) is 1.22. The van der Waals surface area contributed by atoms with Crippen molar-refractivity contribution in [3.05, 3.63) is 87.9 Å². The van der Waals surface area contributed by atoms with Gasteiger partial charge in [-0.25, -0.2) is 4.79 Å². The van der Waals surface area contributed by atoms with Crippen LogP contribution in [-0.2, 0) is 11.2 Å². The lowest BCUT2D eigenvalue weighted by Gasteiger charge is -2.37. The summed E-state index contributed by atoms with van der Waals surface area (Å²) >= 11 is 6.36. The molecule has 0 saturated carbocycles. The van der Waals surface area contributed by atoms with Crippen molar-refractivity contribution in [3.63, 3.8) is 0 Å². The summed E-state index contributed by atoms with van der Waals surface area (Å²) in [7, 11) is 3.18. The van der Waals surface area contributed by atoms with Crippen LogP contribution in [0.1, 0.15) is 44.8 Å². The van der Waals surface area contributed by atoms with Gasteiger partial charge in [0.15, 0.2) is 11.5 Å². The predicted molar refractivity (Wildman–Crippen MR) is 136 cm³/mol. The van der Waals surface area contributed by atoms with E-state index in [1.807, 2.05) is 12.1 Å². The van der Waals surface area contributed by atoms with Crippen molar-refractivity contribution in [3.8, 4) is 17.2 Å². The third-order valence-corrected chi connectivity index (χ3v) is 6.47. The van der Waals surface area contributed by atoms with E-state index in [4.69, 9.17) is 30.5 Å². The van der Waals surface area contributed by atoms with E-state index < -0.39 is 6.04 Å². The van der Waals surface area contributed by atoms with Crippen molar-refractivity contribution in [2.75, 3.05) is 34.0 Å². The third kappa shape index (κ3) is 5.26. The van der Waals surface area contributed by atoms with Crippen LogP contribution in [0.3, 0.4) is 0 Å². The zero-order valence-electron chi connectivity index (χ0n) is 20.5. The van der Waals surface area contributed by atoms with Crippen LogP contribution < -0.4 is 14.2 Å². The van der Waals surface area contributed by atoms with E-state index in [1.54, 1.807) is 74.6 Å². The molecule has 8 heteroatoms.